The van der Waals surface area contributed by atoms with Crippen LogP contribution in [0, 0.1) is 11.6 Å². The third-order valence-corrected chi connectivity index (χ3v) is 8.27. The molecule has 14 heteroatoms. The first-order valence-electron chi connectivity index (χ1n) is 13.4. The lowest BCUT2D eigenvalue weighted by Crippen LogP contribution is -2.26. The van der Waals surface area contributed by atoms with Gasteiger partial charge in [0.2, 0.25) is 0 Å². The molecule has 0 aliphatic carbocycles. The van der Waals surface area contributed by atoms with Crippen LogP contribution in [-0.4, -0.2) is 39.9 Å². The molecular formula is C30H24ClF5N4O3S. The number of anilines is 1. The van der Waals surface area contributed by atoms with E-state index in [9.17, 15) is 32.3 Å². The molecule has 3 aromatic carbocycles. The molecule has 2 amide bonds. The summed E-state index contributed by atoms with van der Waals surface area (Å²) in [5.74, 6) is -4.53. The highest BCUT2D eigenvalue weighted by atomic mass is 35.5. The van der Waals surface area contributed by atoms with E-state index < -0.39 is 58.2 Å². The Morgan fingerprint density at radius 3 is 2.43 bits per heavy atom. The average molecular weight is 651 g/mol. The van der Waals surface area contributed by atoms with Crippen molar-refractivity contribution in [3.63, 3.8) is 0 Å². The van der Waals surface area contributed by atoms with Crippen molar-refractivity contribution >= 4 is 39.8 Å². The standard InChI is InChI=1S/C30H24ClF5N4O3S/c31-21-12-18(13-23(33)25(21)41)26(42)39-29-24(27(43)37-14-17-5-1-2-6-20(17)30(34,35)36)38-28(44-29)19-11-16(7-8-22(19)32)15-40-9-3-4-10-40/h1-2,5-8,11-13,41H,3-4,9-10,14-15H2,(H,37,43)(H,39,42). The molecule has 0 saturated carbocycles. The fraction of sp³-hybridized carbons (Fsp3) is 0.233. The number of phenolic OH excluding ortho intramolecular Hbond substituents is 1. The monoisotopic (exact) mass is 650 g/mol. The highest BCUT2D eigenvalue weighted by Gasteiger charge is 2.33. The number of rotatable bonds is 8. The first-order chi connectivity index (χ1) is 20.9. The van der Waals surface area contributed by atoms with E-state index in [1.54, 1.807) is 12.1 Å². The summed E-state index contributed by atoms with van der Waals surface area (Å²) < 4.78 is 69.6. The van der Waals surface area contributed by atoms with Crippen LogP contribution in [0.2, 0.25) is 5.02 Å². The van der Waals surface area contributed by atoms with Gasteiger partial charge in [0.05, 0.1) is 10.6 Å². The quantitative estimate of drug-likeness (QED) is 0.175. The van der Waals surface area contributed by atoms with Crippen LogP contribution < -0.4 is 10.6 Å². The first-order valence-corrected chi connectivity index (χ1v) is 14.5. The van der Waals surface area contributed by atoms with Crippen LogP contribution in [0.1, 0.15) is 50.4 Å². The summed E-state index contributed by atoms with van der Waals surface area (Å²) in [6, 6.07) is 10.9. The minimum atomic E-state index is -4.66. The van der Waals surface area contributed by atoms with Gasteiger partial charge < -0.3 is 15.7 Å². The molecule has 1 fully saturated rings. The van der Waals surface area contributed by atoms with Crippen molar-refractivity contribution in [2.45, 2.75) is 32.1 Å². The van der Waals surface area contributed by atoms with Crippen LogP contribution in [0.25, 0.3) is 10.6 Å². The number of amides is 2. The van der Waals surface area contributed by atoms with Crippen LogP contribution >= 0.6 is 22.9 Å². The van der Waals surface area contributed by atoms with Crippen molar-refractivity contribution in [3.8, 4) is 16.3 Å². The number of nitrogens with zero attached hydrogens (tertiary/aromatic N) is 2. The van der Waals surface area contributed by atoms with Crippen LogP contribution in [0.15, 0.2) is 54.6 Å². The number of carbonyl (C=O) groups is 2. The minimum absolute atomic E-state index is 0.0248. The predicted octanol–water partition coefficient (Wildman–Crippen LogP) is 7.24. The molecule has 0 unspecified atom stereocenters. The minimum Gasteiger partial charge on any atom is -0.504 e. The van der Waals surface area contributed by atoms with E-state index in [2.05, 4.69) is 20.5 Å². The fourth-order valence-electron chi connectivity index (χ4n) is 4.79. The zero-order chi connectivity index (χ0) is 31.6. The Kier molecular flexibility index (Phi) is 9.18. The van der Waals surface area contributed by atoms with E-state index in [1.165, 1.54) is 24.3 Å². The highest BCUT2D eigenvalue weighted by Crippen LogP contribution is 2.36. The maximum absolute atomic E-state index is 15.1. The van der Waals surface area contributed by atoms with Crippen molar-refractivity contribution in [2.24, 2.45) is 0 Å². The second-order valence-corrected chi connectivity index (χ2v) is 11.5. The molecule has 3 N–H and O–H groups in total. The zero-order valence-corrected chi connectivity index (χ0v) is 24.3. The van der Waals surface area contributed by atoms with Gasteiger partial charge in [0, 0.05) is 24.2 Å². The van der Waals surface area contributed by atoms with E-state index in [-0.39, 0.29) is 26.7 Å². The zero-order valence-electron chi connectivity index (χ0n) is 22.8. The molecule has 2 heterocycles. The number of hydrogen-bond acceptors (Lipinski definition) is 6. The van der Waals surface area contributed by atoms with Gasteiger partial charge in [-0.15, -0.1) is 0 Å². The van der Waals surface area contributed by atoms with Crippen LogP contribution in [0.5, 0.6) is 5.75 Å². The van der Waals surface area contributed by atoms with Crippen molar-refractivity contribution < 1.29 is 36.6 Å². The summed E-state index contributed by atoms with van der Waals surface area (Å²) in [6.45, 7) is 1.86. The average Bonchev–Trinajstić information content (AvgIpc) is 3.65. The predicted molar refractivity (Wildman–Crippen MR) is 156 cm³/mol. The number of nitrogens with one attached hydrogen (secondary N) is 2. The molecule has 44 heavy (non-hydrogen) atoms. The van der Waals surface area contributed by atoms with Crippen LogP contribution in [0.3, 0.4) is 0 Å². The van der Waals surface area contributed by atoms with Crippen molar-refractivity contribution in [2.75, 3.05) is 18.4 Å². The lowest BCUT2D eigenvalue weighted by atomic mass is 10.1. The highest BCUT2D eigenvalue weighted by molar-refractivity contribution is 7.19. The molecule has 1 aliphatic heterocycles. The summed E-state index contributed by atoms with van der Waals surface area (Å²) in [7, 11) is 0. The number of alkyl halides is 3. The molecule has 1 saturated heterocycles. The largest absolute Gasteiger partial charge is 0.504 e. The van der Waals surface area contributed by atoms with E-state index >= 15 is 4.39 Å². The van der Waals surface area contributed by atoms with Crippen LogP contribution in [-0.2, 0) is 19.3 Å². The number of aromatic nitrogens is 1. The summed E-state index contributed by atoms with van der Waals surface area (Å²) in [5.41, 5.74) is -0.974. The second-order valence-electron chi connectivity index (χ2n) is 10.1. The number of aromatic hydroxyl groups is 1. The number of carbonyl (C=O) groups excluding carboxylic acids is 2. The lowest BCUT2D eigenvalue weighted by molar-refractivity contribution is -0.138. The third kappa shape index (κ3) is 7.01. The summed E-state index contributed by atoms with van der Waals surface area (Å²) in [6.07, 6.45) is -2.54. The lowest BCUT2D eigenvalue weighted by Gasteiger charge is -2.15. The summed E-state index contributed by atoms with van der Waals surface area (Å²) in [5, 5.41) is 13.8. The smallest absolute Gasteiger partial charge is 0.416 e. The van der Waals surface area contributed by atoms with Gasteiger partial charge in [0.25, 0.3) is 11.8 Å². The first kappa shape index (κ1) is 31.4. The Labute approximate surface area is 257 Å². The van der Waals surface area contributed by atoms with Gasteiger partial charge in [-0.3, -0.25) is 14.5 Å². The molecular weight excluding hydrogens is 627 g/mol. The van der Waals surface area contributed by atoms with Crippen LogP contribution in [0.4, 0.5) is 27.0 Å². The topological polar surface area (TPSA) is 94.6 Å². The van der Waals surface area contributed by atoms with E-state index in [1.807, 2.05) is 0 Å². The Bertz CT molecular complexity index is 1700. The number of likely N-dealkylation sites (tertiary alicyclic amines) is 1. The molecule has 1 aromatic heterocycles. The van der Waals surface area contributed by atoms with Crippen molar-refractivity contribution in [1.82, 2.24) is 15.2 Å². The van der Waals surface area contributed by atoms with Crippen molar-refractivity contribution in [1.29, 1.82) is 0 Å². The van der Waals surface area contributed by atoms with E-state index in [0.29, 0.717) is 6.54 Å². The molecule has 5 rings (SSSR count). The molecule has 0 atom stereocenters. The van der Waals surface area contributed by atoms with Gasteiger partial charge >= 0.3 is 6.18 Å². The SMILES string of the molecule is O=C(Nc1sc(-c2cc(CN3CCCC3)ccc2F)nc1C(=O)NCc1ccccc1C(F)(F)F)c1cc(F)c(O)c(Cl)c1. The van der Waals surface area contributed by atoms with E-state index in [0.717, 1.165) is 61.0 Å². The number of hydrogen-bond donors (Lipinski definition) is 3. The normalized spacial score (nSPS) is 13.7. The maximum Gasteiger partial charge on any atom is 0.416 e. The number of halogens is 6. The summed E-state index contributed by atoms with van der Waals surface area (Å²) in [4.78, 5) is 32.8. The Morgan fingerprint density at radius 2 is 1.73 bits per heavy atom. The Balaban J connectivity index is 1.48. The van der Waals surface area contributed by atoms with Gasteiger partial charge in [0.1, 0.15) is 15.8 Å². The van der Waals surface area contributed by atoms with Gasteiger partial charge in [-0.1, -0.05) is 47.2 Å². The molecule has 1 aliphatic rings. The van der Waals surface area contributed by atoms with E-state index in [4.69, 9.17) is 11.6 Å². The molecule has 0 radical (unpaired) electrons. The number of phenols is 1. The molecule has 230 valence electrons. The molecule has 0 spiro atoms. The van der Waals surface area contributed by atoms with Crippen molar-refractivity contribution in [3.05, 3.63) is 99.2 Å². The Hall–Kier alpha value is -4.07. The molecule has 0 bridgehead atoms. The second kappa shape index (κ2) is 12.9. The maximum atomic E-state index is 15.1. The van der Waals surface area contributed by atoms with Gasteiger partial charge in [-0.25, -0.2) is 13.8 Å². The Morgan fingerprint density at radius 1 is 1.00 bits per heavy atom. The molecule has 4 aromatic rings. The van der Waals surface area contributed by atoms with Gasteiger partial charge in [-0.2, -0.15) is 13.2 Å². The third-order valence-electron chi connectivity index (χ3n) is 6.98. The van der Waals surface area contributed by atoms with Gasteiger partial charge in [0.15, 0.2) is 17.3 Å². The molecule has 7 nitrogen and oxygen atoms in total. The number of thiazole rings is 1. The fourth-order valence-corrected chi connectivity index (χ4v) is 5.97. The summed E-state index contributed by atoms with van der Waals surface area (Å²) >= 11 is 6.56. The number of benzene rings is 3. The van der Waals surface area contributed by atoms with Gasteiger partial charge in [-0.05, 0) is 67.4 Å².